The van der Waals surface area contributed by atoms with Crippen LogP contribution in [0.25, 0.3) is 0 Å². The summed E-state index contributed by atoms with van der Waals surface area (Å²) >= 11 is 0. The summed E-state index contributed by atoms with van der Waals surface area (Å²) in [6.07, 6.45) is 3.91. The molecule has 0 unspecified atom stereocenters. The quantitative estimate of drug-likeness (QED) is 0.503. The molecule has 208 valence electrons. The van der Waals surface area contributed by atoms with Gasteiger partial charge in [0.1, 0.15) is 12.4 Å². The van der Waals surface area contributed by atoms with E-state index < -0.39 is 10.0 Å². The minimum Gasteiger partial charge on any atom is -0.496 e. The minimum atomic E-state index is -3.69. The number of likely N-dealkylation sites (tertiary alicyclic amines) is 1. The van der Waals surface area contributed by atoms with Crippen LogP contribution in [0.15, 0.2) is 11.0 Å². The Labute approximate surface area is 222 Å². The van der Waals surface area contributed by atoms with Crippen molar-refractivity contribution in [3.05, 3.63) is 22.8 Å². The van der Waals surface area contributed by atoms with Crippen molar-refractivity contribution in [3.63, 3.8) is 0 Å². The summed E-state index contributed by atoms with van der Waals surface area (Å²) < 4.78 is 40.2. The zero-order chi connectivity index (χ0) is 26.7. The molecule has 3 saturated heterocycles. The van der Waals surface area contributed by atoms with Gasteiger partial charge in [0.15, 0.2) is 0 Å². The molecule has 37 heavy (non-hydrogen) atoms. The van der Waals surface area contributed by atoms with Gasteiger partial charge in [-0.1, -0.05) is 0 Å². The van der Waals surface area contributed by atoms with Crippen LogP contribution in [0.5, 0.6) is 5.75 Å². The van der Waals surface area contributed by atoms with Crippen molar-refractivity contribution in [1.29, 1.82) is 0 Å². The molecule has 3 heterocycles. The number of piperidine rings is 1. The number of benzene rings is 1. The SMILES string of the molecule is COc1cc(C)c(S(=O)(=O)N2CCC[C@@H]2COCC(=O)N2CCN(C3CCN(C)CC3)CC2)c(C)c1C. The maximum atomic E-state index is 13.7. The first-order valence-corrected chi connectivity index (χ1v) is 15.0. The first kappa shape index (κ1) is 28.3. The lowest BCUT2D eigenvalue weighted by Gasteiger charge is -2.42. The van der Waals surface area contributed by atoms with Crippen LogP contribution >= 0.6 is 0 Å². The Hall–Kier alpha value is -1.72. The molecule has 10 heteroatoms. The molecule has 0 spiro atoms. The Morgan fingerprint density at radius 3 is 2.30 bits per heavy atom. The third-order valence-corrected chi connectivity index (χ3v) is 10.7. The number of ether oxygens (including phenoxy) is 2. The highest BCUT2D eigenvalue weighted by molar-refractivity contribution is 7.89. The van der Waals surface area contributed by atoms with E-state index in [1.54, 1.807) is 17.5 Å². The van der Waals surface area contributed by atoms with E-state index in [0.717, 1.165) is 63.2 Å². The Balaban J connectivity index is 1.30. The van der Waals surface area contributed by atoms with Crippen molar-refractivity contribution < 1.29 is 22.7 Å². The topological polar surface area (TPSA) is 82.6 Å². The maximum absolute atomic E-state index is 13.7. The Bertz CT molecular complexity index is 1060. The molecular weight excluding hydrogens is 492 g/mol. The van der Waals surface area contributed by atoms with E-state index in [2.05, 4.69) is 16.8 Å². The van der Waals surface area contributed by atoms with Crippen molar-refractivity contribution in [2.75, 3.05) is 73.2 Å². The molecule has 9 nitrogen and oxygen atoms in total. The molecule has 1 aromatic rings. The predicted molar refractivity (Wildman–Crippen MR) is 144 cm³/mol. The average Bonchev–Trinajstić information content (AvgIpc) is 3.36. The summed E-state index contributed by atoms with van der Waals surface area (Å²) in [7, 11) is 0.0787. The molecule has 1 atom stereocenters. The van der Waals surface area contributed by atoms with Gasteiger partial charge in [-0.3, -0.25) is 9.69 Å². The minimum absolute atomic E-state index is 0.00168. The molecule has 3 fully saturated rings. The van der Waals surface area contributed by atoms with Gasteiger partial charge in [-0.25, -0.2) is 8.42 Å². The lowest BCUT2D eigenvalue weighted by Crippen LogP contribution is -2.54. The highest BCUT2D eigenvalue weighted by atomic mass is 32.2. The van der Waals surface area contributed by atoms with Crippen molar-refractivity contribution in [2.24, 2.45) is 0 Å². The lowest BCUT2D eigenvalue weighted by atomic mass is 10.0. The smallest absolute Gasteiger partial charge is 0.248 e. The van der Waals surface area contributed by atoms with Gasteiger partial charge >= 0.3 is 0 Å². The fourth-order valence-electron chi connectivity index (χ4n) is 6.11. The Morgan fingerprint density at radius 2 is 1.65 bits per heavy atom. The third-order valence-electron chi connectivity index (χ3n) is 8.50. The van der Waals surface area contributed by atoms with Crippen LogP contribution in [-0.4, -0.2) is 119 Å². The number of carbonyl (C=O) groups excluding carboxylic acids is 1. The van der Waals surface area contributed by atoms with Gasteiger partial charge in [0.25, 0.3) is 0 Å². The number of sulfonamides is 1. The number of rotatable bonds is 8. The van der Waals surface area contributed by atoms with E-state index in [-0.39, 0.29) is 25.2 Å². The molecule has 0 saturated carbocycles. The number of methoxy groups -OCH3 is 1. The van der Waals surface area contributed by atoms with E-state index in [0.29, 0.717) is 28.8 Å². The summed E-state index contributed by atoms with van der Waals surface area (Å²) in [6, 6.07) is 2.16. The molecule has 0 bridgehead atoms. The second kappa shape index (κ2) is 12.0. The number of hydrogen-bond donors (Lipinski definition) is 0. The number of nitrogens with zero attached hydrogens (tertiary/aromatic N) is 4. The fraction of sp³-hybridized carbons (Fsp3) is 0.741. The average molecular weight is 537 g/mol. The van der Waals surface area contributed by atoms with Crippen LogP contribution in [0.3, 0.4) is 0 Å². The highest BCUT2D eigenvalue weighted by Crippen LogP contribution is 2.35. The van der Waals surface area contributed by atoms with Crippen LogP contribution in [0, 0.1) is 20.8 Å². The molecule has 0 aliphatic carbocycles. The fourth-order valence-corrected chi connectivity index (χ4v) is 8.28. The number of hydrogen-bond acceptors (Lipinski definition) is 7. The highest BCUT2D eigenvalue weighted by Gasteiger charge is 2.38. The molecule has 3 aliphatic heterocycles. The molecule has 4 rings (SSSR count). The van der Waals surface area contributed by atoms with Crippen LogP contribution in [0.2, 0.25) is 0 Å². The number of piperazine rings is 1. The van der Waals surface area contributed by atoms with Gasteiger partial charge in [0, 0.05) is 44.8 Å². The van der Waals surface area contributed by atoms with Crippen molar-refractivity contribution in [2.45, 2.75) is 63.4 Å². The normalized spacial score (nSPS) is 23.1. The van der Waals surface area contributed by atoms with Crippen LogP contribution in [0.4, 0.5) is 0 Å². The largest absolute Gasteiger partial charge is 0.496 e. The van der Waals surface area contributed by atoms with Gasteiger partial charge in [-0.2, -0.15) is 4.31 Å². The van der Waals surface area contributed by atoms with E-state index in [1.165, 1.54) is 12.8 Å². The van der Waals surface area contributed by atoms with Crippen LogP contribution in [-0.2, 0) is 19.6 Å². The summed E-state index contributed by atoms with van der Waals surface area (Å²) in [6.45, 7) is 11.8. The van der Waals surface area contributed by atoms with E-state index in [1.807, 2.05) is 25.7 Å². The third kappa shape index (κ3) is 6.14. The lowest BCUT2D eigenvalue weighted by molar-refractivity contribution is -0.138. The van der Waals surface area contributed by atoms with Crippen molar-refractivity contribution in [1.82, 2.24) is 19.0 Å². The second-order valence-corrected chi connectivity index (χ2v) is 12.7. The summed E-state index contributed by atoms with van der Waals surface area (Å²) in [4.78, 5) is 20.0. The molecule has 0 N–H and O–H groups in total. The molecule has 3 aliphatic rings. The molecule has 0 aromatic heterocycles. The van der Waals surface area contributed by atoms with E-state index >= 15 is 0 Å². The second-order valence-electron chi connectivity index (χ2n) is 10.9. The zero-order valence-corrected chi connectivity index (χ0v) is 24.0. The number of amides is 1. The summed E-state index contributed by atoms with van der Waals surface area (Å²) in [5, 5.41) is 0. The maximum Gasteiger partial charge on any atom is 0.248 e. The van der Waals surface area contributed by atoms with E-state index in [9.17, 15) is 13.2 Å². The van der Waals surface area contributed by atoms with Crippen LogP contribution < -0.4 is 4.74 Å². The first-order chi connectivity index (χ1) is 17.6. The predicted octanol–water partition coefficient (Wildman–Crippen LogP) is 2.03. The molecular formula is C27H44N4O5S. The summed E-state index contributed by atoms with van der Waals surface area (Å²) in [5.74, 6) is 0.689. The molecule has 0 radical (unpaired) electrons. The van der Waals surface area contributed by atoms with Gasteiger partial charge in [0.2, 0.25) is 15.9 Å². The van der Waals surface area contributed by atoms with Crippen molar-refractivity contribution in [3.8, 4) is 5.75 Å². The summed E-state index contributed by atoms with van der Waals surface area (Å²) in [5.41, 5.74) is 2.24. The van der Waals surface area contributed by atoms with Gasteiger partial charge in [-0.05, 0) is 89.3 Å². The molecule has 1 amide bonds. The Morgan fingerprint density at radius 1 is 0.973 bits per heavy atom. The first-order valence-electron chi connectivity index (χ1n) is 13.6. The molecule has 1 aromatic carbocycles. The van der Waals surface area contributed by atoms with Gasteiger partial charge in [-0.15, -0.1) is 0 Å². The van der Waals surface area contributed by atoms with Gasteiger partial charge < -0.3 is 19.3 Å². The zero-order valence-electron chi connectivity index (χ0n) is 23.2. The van der Waals surface area contributed by atoms with E-state index in [4.69, 9.17) is 9.47 Å². The number of carbonyl (C=O) groups is 1. The van der Waals surface area contributed by atoms with Gasteiger partial charge in [0.05, 0.1) is 18.6 Å². The van der Waals surface area contributed by atoms with Crippen molar-refractivity contribution >= 4 is 15.9 Å². The standard InChI is InChI=1S/C27H44N4O5S/c1-20-17-25(35-5)21(2)22(3)27(20)37(33,34)31-10-6-7-24(31)18-36-19-26(32)30-15-13-29(14-16-30)23-8-11-28(4)12-9-23/h17,23-24H,6-16,18-19H2,1-5H3/t24-/m1/s1. The van der Waals surface area contributed by atoms with Crippen LogP contribution in [0.1, 0.15) is 42.4 Å². The number of aryl methyl sites for hydroxylation is 1. The Kier molecular flexibility index (Phi) is 9.17. The monoisotopic (exact) mass is 536 g/mol.